The molecule has 3 rings (SSSR count). The highest BCUT2D eigenvalue weighted by Crippen LogP contribution is 2.40. The van der Waals surface area contributed by atoms with Gasteiger partial charge in [0.1, 0.15) is 11.6 Å². The minimum Gasteiger partial charge on any atom is -0.458 e. The van der Waals surface area contributed by atoms with Gasteiger partial charge in [0.2, 0.25) is 0 Å². The van der Waals surface area contributed by atoms with E-state index in [9.17, 15) is 0 Å². The second-order valence-corrected chi connectivity index (χ2v) is 4.65. The maximum Gasteiger partial charge on any atom is 0.197 e. The Balaban J connectivity index is 2.01. The average molecular weight is 243 g/mol. The molecule has 0 aliphatic heterocycles. The summed E-state index contributed by atoms with van der Waals surface area (Å²) in [6, 6.07) is 5.97. The fraction of sp³-hybridized carbons (Fsp3) is 0.429. The lowest BCUT2D eigenvalue weighted by Gasteiger charge is -2.05. The molecule has 0 atom stereocenters. The second kappa shape index (κ2) is 4.44. The monoisotopic (exact) mass is 243 g/mol. The van der Waals surface area contributed by atoms with Crippen LogP contribution in [-0.4, -0.2) is 17.0 Å². The SMILES string of the molecule is CCc1ccc(-c2nc(NC)cc(C3CC3)n2)o1. The van der Waals surface area contributed by atoms with Crippen LogP contribution in [0.25, 0.3) is 11.6 Å². The molecule has 0 unspecified atom stereocenters. The number of hydrogen-bond donors (Lipinski definition) is 1. The quantitative estimate of drug-likeness (QED) is 0.895. The van der Waals surface area contributed by atoms with Crippen LogP contribution in [0.5, 0.6) is 0 Å². The van der Waals surface area contributed by atoms with E-state index in [0.29, 0.717) is 11.7 Å². The Morgan fingerprint density at radius 3 is 2.78 bits per heavy atom. The highest BCUT2D eigenvalue weighted by molar-refractivity contribution is 5.52. The van der Waals surface area contributed by atoms with Crippen molar-refractivity contribution in [2.45, 2.75) is 32.1 Å². The Morgan fingerprint density at radius 1 is 1.33 bits per heavy atom. The summed E-state index contributed by atoms with van der Waals surface area (Å²) in [4.78, 5) is 9.08. The molecule has 0 aromatic carbocycles. The van der Waals surface area contributed by atoms with Gasteiger partial charge in [-0.25, -0.2) is 9.97 Å². The van der Waals surface area contributed by atoms with E-state index in [1.807, 2.05) is 25.2 Å². The summed E-state index contributed by atoms with van der Waals surface area (Å²) >= 11 is 0. The molecule has 2 aromatic heterocycles. The molecular formula is C14H17N3O. The van der Waals surface area contributed by atoms with E-state index in [-0.39, 0.29) is 0 Å². The zero-order valence-corrected chi connectivity index (χ0v) is 10.7. The van der Waals surface area contributed by atoms with Gasteiger partial charge in [0.15, 0.2) is 11.6 Å². The van der Waals surface area contributed by atoms with Crippen LogP contribution in [0.1, 0.15) is 37.1 Å². The lowest BCUT2D eigenvalue weighted by Crippen LogP contribution is -1.99. The lowest BCUT2D eigenvalue weighted by molar-refractivity contribution is 0.525. The van der Waals surface area contributed by atoms with Crippen molar-refractivity contribution in [3.8, 4) is 11.6 Å². The number of rotatable bonds is 4. The largest absolute Gasteiger partial charge is 0.458 e. The van der Waals surface area contributed by atoms with Gasteiger partial charge in [-0.1, -0.05) is 6.92 Å². The number of anilines is 1. The van der Waals surface area contributed by atoms with Crippen LogP contribution in [0.4, 0.5) is 5.82 Å². The van der Waals surface area contributed by atoms with Crippen LogP contribution in [0.15, 0.2) is 22.6 Å². The first-order chi connectivity index (χ1) is 8.80. The van der Waals surface area contributed by atoms with Crippen LogP contribution in [0.2, 0.25) is 0 Å². The van der Waals surface area contributed by atoms with Gasteiger partial charge in [0, 0.05) is 31.1 Å². The predicted octanol–water partition coefficient (Wildman–Crippen LogP) is 3.22. The van der Waals surface area contributed by atoms with E-state index in [0.717, 1.165) is 29.5 Å². The smallest absolute Gasteiger partial charge is 0.197 e. The first-order valence-electron chi connectivity index (χ1n) is 6.46. The molecule has 4 heteroatoms. The molecule has 1 aliphatic rings. The van der Waals surface area contributed by atoms with Gasteiger partial charge in [-0.2, -0.15) is 0 Å². The first kappa shape index (κ1) is 11.3. The summed E-state index contributed by atoms with van der Waals surface area (Å²) in [6.07, 6.45) is 3.36. The molecule has 1 N–H and O–H groups in total. The summed E-state index contributed by atoms with van der Waals surface area (Å²) in [7, 11) is 1.88. The Kier molecular flexibility index (Phi) is 2.78. The number of aromatic nitrogens is 2. The normalized spacial score (nSPS) is 14.8. The van der Waals surface area contributed by atoms with Crippen molar-refractivity contribution in [2.75, 3.05) is 12.4 Å². The lowest BCUT2D eigenvalue weighted by atomic mass is 10.2. The molecule has 94 valence electrons. The molecule has 0 saturated heterocycles. The van der Waals surface area contributed by atoms with Gasteiger partial charge in [0.25, 0.3) is 0 Å². The van der Waals surface area contributed by atoms with E-state index in [2.05, 4.69) is 22.2 Å². The Labute approximate surface area is 106 Å². The summed E-state index contributed by atoms with van der Waals surface area (Å²) < 4.78 is 5.72. The van der Waals surface area contributed by atoms with E-state index >= 15 is 0 Å². The Hall–Kier alpha value is -1.84. The molecule has 4 nitrogen and oxygen atoms in total. The fourth-order valence-corrected chi connectivity index (χ4v) is 1.98. The van der Waals surface area contributed by atoms with Crippen molar-refractivity contribution in [1.29, 1.82) is 0 Å². The molecule has 0 spiro atoms. The minimum atomic E-state index is 0.611. The van der Waals surface area contributed by atoms with Crippen molar-refractivity contribution in [3.63, 3.8) is 0 Å². The minimum absolute atomic E-state index is 0.611. The third-order valence-electron chi connectivity index (χ3n) is 3.23. The Bertz CT molecular complexity index is 558. The van der Waals surface area contributed by atoms with Crippen molar-refractivity contribution >= 4 is 5.82 Å². The van der Waals surface area contributed by atoms with E-state index < -0.39 is 0 Å². The van der Waals surface area contributed by atoms with Crippen LogP contribution in [0.3, 0.4) is 0 Å². The maximum atomic E-state index is 5.72. The molecule has 0 bridgehead atoms. The molecule has 18 heavy (non-hydrogen) atoms. The molecule has 2 heterocycles. The van der Waals surface area contributed by atoms with Crippen LogP contribution in [0, 0.1) is 0 Å². The average Bonchev–Trinajstić information content (AvgIpc) is 3.16. The molecule has 1 saturated carbocycles. The third kappa shape index (κ3) is 2.10. The molecule has 1 aliphatic carbocycles. The topological polar surface area (TPSA) is 51.0 Å². The predicted molar refractivity (Wildman–Crippen MR) is 70.6 cm³/mol. The van der Waals surface area contributed by atoms with Crippen LogP contribution < -0.4 is 5.32 Å². The second-order valence-electron chi connectivity index (χ2n) is 4.65. The summed E-state index contributed by atoms with van der Waals surface area (Å²) in [6.45, 7) is 2.07. The molecule has 0 amide bonds. The summed E-state index contributed by atoms with van der Waals surface area (Å²) in [5.74, 6) is 3.88. The molecule has 2 aromatic rings. The zero-order chi connectivity index (χ0) is 12.5. The number of hydrogen-bond acceptors (Lipinski definition) is 4. The number of nitrogens with zero attached hydrogens (tertiary/aromatic N) is 2. The van der Waals surface area contributed by atoms with Gasteiger partial charge < -0.3 is 9.73 Å². The van der Waals surface area contributed by atoms with Crippen LogP contribution >= 0.6 is 0 Å². The highest BCUT2D eigenvalue weighted by Gasteiger charge is 2.26. The van der Waals surface area contributed by atoms with Gasteiger partial charge in [-0.3, -0.25) is 0 Å². The number of aryl methyl sites for hydroxylation is 1. The Morgan fingerprint density at radius 2 is 2.17 bits per heavy atom. The van der Waals surface area contributed by atoms with Gasteiger partial charge >= 0.3 is 0 Å². The van der Waals surface area contributed by atoms with E-state index in [1.54, 1.807) is 0 Å². The molecule has 1 fully saturated rings. The van der Waals surface area contributed by atoms with Crippen molar-refractivity contribution in [3.05, 3.63) is 29.7 Å². The fourth-order valence-electron chi connectivity index (χ4n) is 1.98. The zero-order valence-electron chi connectivity index (χ0n) is 10.7. The van der Waals surface area contributed by atoms with Gasteiger partial charge in [-0.05, 0) is 25.0 Å². The van der Waals surface area contributed by atoms with Crippen molar-refractivity contribution in [2.24, 2.45) is 0 Å². The van der Waals surface area contributed by atoms with Crippen molar-refractivity contribution in [1.82, 2.24) is 9.97 Å². The number of nitrogens with one attached hydrogen (secondary N) is 1. The van der Waals surface area contributed by atoms with Gasteiger partial charge in [-0.15, -0.1) is 0 Å². The van der Waals surface area contributed by atoms with Gasteiger partial charge in [0.05, 0.1) is 0 Å². The third-order valence-corrected chi connectivity index (χ3v) is 3.23. The highest BCUT2D eigenvalue weighted by atomic mass is 16.3. The maximum absolute atomic E-state index is 5.72. The molecular weight excluding hydrogens is 226 g/mol. The summed E-state index contributed by atoms with van der Waals surface area (Å²) in [5.41, 5.74) is 1.12. The standard InChI is InChI=1S/C14H17N3O/c1-3-10-6-7-12(18-10)14-16-11(9-4-5-9)8-13(15-2)17-14/h6-9H,3-5H2,1-2H3,(H,15,16,17). The first-order valence-corrected chi connectivity index (χ1v) is 6.46. The van der Waals surface area contributed by atoms with Crippen LogP contribution in [-0.2, 0) is 6.42 Å². The van der Waals surface area contributed by atoms with E-state index in [1.165, 1.54) is 12.8 Å². The number of furan rings is 1. The summed E-state index contributed by atoms with van der Waals surface area (Å²) in [5, 5.41) is 3.09. The van der Waals surface area contributed by atoms with Crippen molar-refractivity contribution < 1.29 is 4.42 Å². The molecule has 0 radical (unpaired) electrons. The van der Waals surface area contributed by atoms with E-state index in [4.69, 9.17) is 4.42 Å².